The molecule has 0 fully saturated rings. The Balaban J connectivity index is 1.74. The van der Waals surface area contributed by atoms with Crippen LogP contribution in [0.2, 0.25) is 5.02 Å². The second-order valence-corrected chi connectivity index (χ2v) is 7.29. The Hall–Kier alpha value is -3.37. The molecule has 0 aliphatic carbocycles. The zero-order valence-corrected chi connectivity index (χ0v) is 16.6. The van der Waals surface area contributed by atoms with Crippen molar-refractivity contribution in [3.05, 3.63) is 106 Å². The van der Waals surface area contributed by atoms with Crippen molar-refractivity contribution >= 4 is 34.7 Å². The Bertz CT molecular complexity index is 1110. The fourth-order valence-electron chi connectivity index (χ4n) is 3.29. The molecule has 4 rings (SSSR count). The van der Waals surface area contributed by atoms with Crippen LogP contribution in [-0.2, 0) is 16.1 Å². The van der Waals surface area contributed by atoms with Gasteiger partial charge >= 0.3 is 0 Å². The first-order valence-electron chi connectivity index (χ1n) is 9.27. The van der Waals surface area contributed by atoms with Crippen LogP contribution in [0.25, 0.3) is 5.57 Å². The molecule has 1 heterocycles. The lowest BCUT2D eigenvalue weighted by Gasteiger charge is -2.15. The normalized spacial score (nSPS) is 13.9. The van der Waals surface area contributed by atoms with E-state index >= 15 is 0 Å². The quantitative estimate of drug-likeness (QED) is 0.608. The molecule has 5 heteroatoms. The predicted molar refractivity (Wildman–Crippen MR) is 115 cm³/mol. The number of nitrogens with zero attached hydrogens (tertiary/aromatic N) is 1. The lowest BCUT2D eigenvalue weighted by atomic mass is 10.0. The molecule has 144 valence electrons. The SMILES string of the molecule is Cc1ccc(NC2=C(c3ccccc3)C(=O)N(Cc3ccccc3)C2=O)cc1Cl. The Morgan fingerprint density at radius 1 is 0.862 bits per heavy atom. The molecule has 0 atom stereocenters. The molecule has 0 saturated heterocycles. The second kappa shape index (κ2) is 7.94. The summed E-state index contributed by atoms with van der Waals surface area (Å²) in [4.78, 5) is 27.7. The molecule has 4 nitrogen and oxygen atoms in total. The fraction of sp³-hybridized carbons (Fsp3) is 0.0833. The maximum atomic E-state index is 13.2. The second-order valence-electron chi connectivity index (χ2n) is 6.89. The summed E-state index contributed by atoms with van der Waals surface area (Å²) in [7, 11) is 0. The molecule has 29 heavy (non-hydrogen) atoms. The Labute approximate surface area is 174 Å². The number of carbonyl (C=O) groups is 2. The van der Waals surface area contributed by atoms with Gasteiger partial charge in [-0.3, -0.25) is 14.5 Å². The summed E-state index contributed by atoms with van der Waals surface area (Å²) < 4.78 is 0. The number of nitrogens with one attached hydrogen (secondary N) is 1. The third-order valence-electron chi connectivity index (χ3n) is 4.86. The van der Waals surface area contributed by atoms with Gasteiger partial charge in [0.2, 0.25) is 0 Å². The van der Waals surface area contributed by atoms with Crippen LogP contribution in [0.5, 0.6) is 0 Å². The van der Waals surface area contributed by atoms with Gasteiger partial charge in [0.15, 0.2) is 0 Å². The van der Waals surface area contributed by atoms with E-state index in [1.54, 1.807) is 6.07 Å². The van der Waals surface area contributed by atoms with Crippen molar-refractivity contribution in [2.45, 2.75) is 13.5 Å². The van der Waals surface area contributed by atoms with E-state index in [0.29, 0.717) is 21.8 Å². The number of imide groups is 1. The number of aryl methyl sites for hydroxylation is 1. The molecular weight excluding hydrogens is 384 g/mol. The number of carbonyl (C=O) groups excluding carboxylic acids is 2. The largest absolute Gasteiger partial charge is 0.350 e. The Morgan fingerprint density at radius 2 is 1.52 bits per heavy atom. The van der Waals surface area contributed by atoms with E-state index < -0.39 is 0 Å². The minimum Gasteiger partial charge on any atom is -0.350 e. The van der Waals surface area contributed by atoms with Gasteiger partial charge in [-0.25, -0.2) is 0 Å². The molecule has 0 unspecified atom stereocenters. The highest BCUT2D eigenvalue weighted by Gasteiger charge is 2.39. The number of amides is 2. The molecule has 0 bridgehead atoms. The van der Waals surface area contributed by atoms with E-state index in [9.17, 15) is 9.59 Å². The van der Waals surface area contributed by atoms with E-state index in [1.807, 2.05) is 79.7 Å². The molecule has 3 aromatic rings. The summed E-state index contributed by atoms with van der Waals surface area (Å²) in [5.41, 5.74) is 3.81. The number of rotatable bonds is 5. The average Bonchev–Trinajstić information content (AvgIpc) is 2.96. The first-order chi connectivity index (χ1) is 14.0. The first kappa shape index (κ1) is 19.0. The maximum Gasteiger partial charge on any atom is 0.278 e. The van der Waals surface area contributed by atoms with Crippen molar-refractivity contribution < 1.29 is 9.59 Å². The molecule has 3 aromatic carbocycles. The number of hydrogen-bond donors (Lipinski definition) is 1. The van der Waals surface area contributed by atoms with E-state index in [4.69, 9.17) is 11.6 Å². The van der Waals surface area contributed by atoms with Gasteiger partial charge in [0.1, 0.15) is 5.70 Å². The monoisotopic (exact) mass is 402 g/mol. The fourth-order valence-corrected chi connectivity index (χ4v) is 3.47. The van der Waals surface area contributed by atoms with Crippen LogP contribution in [-0.4, -0.2) is 16.7 Å². The molecule has 1 N–H and O–H groups in total. The number of anilines is 1. The van der Waals surface area contributed by atoms with Crippen molar-refractivity contribution in [1.82, 2.24) is 4.90 Å². The standard InChI is InChI=1S/C24H19ClN2O2/c1-16-12-13-19(14-20(16)25)26-22-21(18-10-6-3-7-11-18)23(28)27(24(22)29)15-17-8-4-2-5-9-17/h2-14,26H,15H2,1H3. The van der Waals surface area contributed by atoms with E-state index in [2.05, 4.69) is 5.32 Å². The third kappa shape index (κ3) is 3.80. The van der Waals surface area contributed by atoms with Crippen molar-refractivity contribution in [1.29, 1.82) is 0 Å². The zero-order valence-electron chi connectivity index (χ0n) is 15.9. The van der Waals surface area contributed by atoms with Crippen LogP contribution in [0.3, 0.4) is 0 Å². The zero-order chi connectivity index (χ0) is 20.4. The summed E-state index contributed by atoms with van der Waals surface area (Å²) in [6.45, 7) is 2.13. The smallest absolute Gasteiger partial charge is 0.278 e. The third-order valence-corrected chi connectivity index (χ3v) is 5.26. The minimum atomic E-state index is -0.352. The van der Waals surface area contributed by atoms with Gasteiger partial charge in [0, 0.05) is 10.7 Å². The number of hydrogen-bond acceptors (Lipinski definition) is 3. The van der Waals surface area contributed by atoms with Crippen molar-refractivity contribution in [3.8, 4) is 0 Å². The van der Waals surface area contributed by atoms with Gasteiger partial charge in [0.25, 0.3) is 11.8 Å². The van der Waals surface area contributed by atoms with Gasteiger partial charge in [-0.15, -0.1) is 0 Å². The van der Waals surface area contributed by atoms with Crippen molar-refractivity contribution in [3.63, 3.8) is 0 Å². The van der Waals surface area contributed by atoms with Crippen molar-refractivity contribution in [2.75, 3.05) is 5.32 Å². The summed E-state index contributed by atoms with van der Waals surface area (Å²) in [5, 5.41) is 3.73. The molecular formula is C24H19ClN2O2. The highest BCUT2D eigenvalue weighted by molar-refractivity contribution is 6.36. The van der Waals surface area contributed by atoms with Gasteiger partial charge in [-0.1, -0.05) is 78.3 Å². The summed E-state index contributed by atoms with van der Waals surface area (Å²) in [6.07, 6.45) is 0. The van der Waals surface area contributed by atoms with E-state index in [0.717, 1.165) is 11.1 Å². The predicted octanol–water partition coefficient (Wildman–Crippen LogP) is 5.04. The molecule has 1 aliphatic rings. The van der Waals surface area contributed by atoms with Crippen LogP contribution < -0.4 is 5.32 Å². The summed E-state index contributed by atoms with van der Waals surface area (Å²) in [5.74, 6) is -0.667. The van der Waals surface area contributed by atoms with Gasteiger partial charge < -0.3 is 5.32 Å². The average molecular weight is 403 g/mol. The molecule has 2 amide bonds. The van der Waals surface area contributed by atoms with Crippen molar-refractivity contribution in [2.24, 2.45) is 0 Å². The van der Waals surface area contributed by atoms with Gasteiger partial charge in [-0.05, 0) is 35.7 Å². The first-order valence-corrected chi connectivity index (χ1v) is 9.65. The van der Waals surface area contributed by atoms with Crippen LogP contribution in [0.4, 0.5) is 5.69 Å². The lowest BCUT2D eigenvalue weighted by molar-refractivity contribution is -0.137. The molecule has 0 spiro atoms. The molecule has 0 radical (unpaired) electrons. The van der Waals surface area contributed by atoms with E-state index in [1.165, 1.54) is 4.90 Å². The number of halogens is 1. The summed E-state index contributed by atoms with van der Waals surface area (Å²) >= 11 is 6.24. The van der Waals surface area contributed by atoms with Crippen LogP contribution in [0, 0.1) is 6.92 Å². The molecule has 1 aliphatic heterocycles. The Morgan fingerprint density at radius 3 is 2.17 bits per heavy atom. The molecule has 0 saturated carbocycles. The van der Waals surface area contributed by atoms with Crippen LogP contribution in [0.15, 0.2) is 84.6 Å². The molecule has 0 aromatic heterocycles. The lowest BCUT2D eigenvalue weighted by Crippen LogP contribution is -2.31. The highest BCUT2D eigenvalue weighted by atomic mass is 35.5. The number of benzene rings is 3. The van der Waals surface area contributed by atoms with Gasteiger partial charge in [0.05, 0.1) is 12.1 Å². The summed E-state index contributed by atoms with van der Waals surface area (Å²) in [6, 6.07) is 24.2. The van der Waals surface area contributed by atoms with Crippen LogP contribution in [0.1, 0.15) is 16.7 Å². The van der Waals surface area contributed by atoms with Gasteiger partial charge in [-0.2, -0.15) is 0 Å². The topological polar surface area (TPSA) is 49.4 Å². The Kier molecular flexibility index (Phi) is 5.19. The van der Waals surface area contributed by atoms with Crippen LogP contribution >= 0.6 is 11.6 Å². The maximum absolute atomic E-state index is 13.2. The minimum absolute atomic E-state index is 0.217. The highest BCUT2D eigenvalue weighted by Crippen LogP contribution is 2.32. The van der Waals surface area contributed by atoms with E-state index in [-0.39, 0.29) is 24.1 Å².